The van der Waals surface area contributed by atoms with Crippen LogP contribution in [0.2, 0.25) is 0 Å². The van der Waals surface area contributed by atoms with Gasteiger partial charge in [0.05, 0.1) is 0 Å². The Bertz CT molecular complexity index is 391. The van der Waals surface area contributed by atoms with Crippen molar-refractivity contribution in [2.24, 2.45) is 0 Å². The maximum absolute atomic E-state index is 13.9. The first-order chi connectivity index (χ1) is 11.1. The molecule has 1 unspecified atom stereocenters. The van der Waals surface area contributed by atoms with E-state index in [1.165, 1.54) is 0 Å². The zero-order valence-corrected chi connectivity index (χ0v) is 13.5. The molecule has 0 saturated heterocycles. The van der Waals surface area contributed by atoms with E-state index in [-0.39, 0.29) is 17.7 Å². The monoisotopic (exact) mass is 395 g/mol. The van der Waals surface area contributed by atoms with Gasteiger partial charge in [-0.25, -0.2) is 9.29 Å². The molecular weight excluding hydrogens is 376 g/mol. The van der Waals surface area contributed by atoms with Crippen LogP contribution in [0, 0.1) is 0 Å². The molecule has 0 aromatic rings. The fourth-order valence-electron chi connectivity index (χ4n) is 1.69. The van der Waals surface area contributed by atoms with Crippen molar-refractivity contribution in [3.63, 3.8) is 0 Å². The number of rotatable bonds is 11. The van der Waals surface area contributed by atoms with Gasteiger partial charge >= 0.3 is 24.3 Å². The van der Waals surface area contributed by atoms with Gasteiger partial charge in [0.15, 0.2) is 0 Å². The molecule has 25 heavy (non-hydrogen) atoms. The number of alkyl halides is 10. The van der Waals surface area contributed by atoms with Crippen molar-refractivity contribution in [1.82, 2.24) is 4.90 Å². The number of hydrogen-bond acceptors (Lipinski definition) is 2. The predicted octanol–water partition coefficient (Wildman–Crippen LogP) is 5.58. The number of nitrogens with zero attached hydrogens (tertiary/aromatic N) is 1. The van der Waals surface area contributed by atoms with Crippen molar-refractivity contribution < 1.29 is 48.6 Å². The lowest BCUT2D eigenvalue weighted by molar-refractivity contribution is -0.456. The fourth-order valence-corrected chi connectivity index (χ4v) is 1.69. The highest BCUT2D eigenvalue weighted by molar-refractivity contribution is 4.86. The molecule has 0 fully saturated rings. The first kappa shape index (κ1) is 24.2. The van der Waals surface area contributed by atoms with E-state index in [9.17, 15) is 43.9 Å². The van der Waals surface area contributed by atoms with Gasteiger partial charge in [0, 0.05) is 13.1 Å². The third-order valence-electron chi connectivity index (χ3n) is 3.23. The minimum atomic E-state index is -6.84. The SMILES string of the molecule is CCCCN(CCCC)C(F)(F)C(F)OC(F)(F)C(F)(F)C(F)(F)F. The molecule has 0 amide bonds. The van der Waals surface area contributed by atoms with Crippen LogP contribution >= 0.6 is 0 Å². The summed E-state index contributed by atoms with van der Waals surface area (Å²) in [4.78, 5) is 0.0898. The summed E-state index contributed by atoms with van der Waals surface area (Å²) < 4.78 is 131. The first-order valence-corrected chi connectivity index (χ1v) is 7.42. The molecule has 0 aliphatic heterocycles. The summed E-state index contributed by atoms with van der Waals surface area (Å²) in [6, 6.07) is -4.81. The zero-order valence-electron chi connectivity index (χ0n) is 13.5. The average Bonchev–Trinajstić information content (AvgIpc) is 2.45. The van der Waals surface area contributed by atoms with E-state index in [0.717, 1.165) is 0 Å². The molecule has 0 saturated carbocycles. The summed E-state index contributed by atoms with van der Waals surface area (Å²) in [6.07, 6.45) is -16.8. The Hall–Kier alpha value is -0.780. The summed E-state index contributed by atoms with van der Waals surface area (Å²) in [5, 5.41) is 0. The van der Waals surface area contributed by atoms with Gasteiger partial charge in [-0.2, -0.15) is 39.5 Å². The number of ether oxygens (including phenoxy) is 1. The molecule has 0 rings (SSSR count). The molecule has 0 heterocycles. The van der Waals surface area contributed by atoms with Crippen LogP contribution < -0.4 is 0 Å². The minimum absolute atomic E-state index is 0.0898. The van der Waals surface area contributed by atoms with Crippen molar-refractivity contribution in [2.75, 3.05) is 13.1 Å². The molecule has 0 radical (unpaired) electrons. The lowest BCUT2D eigenvalue weighted by Gasteiger charge is -2.35. The maximum atomic E-state index is 13.9. The molecule has 0 aromatic carbocycles. The molecular formula is C13H19F10NO. The highest BCUT2D eigenvalue weighted by atomic mass is 19.4. The second kappa shape index (κ2) is 8.74. The van der Waals surface area contributed by atoms with Crippen LogP contribution in [0.3, 0.4) is 0 Å². The number of hydrogen-bond donors (Lipinski definition) is 0. The summed E-state index contributed by atoms with van der Waals surface area (Å²) in [5.41, 5.74) is 0. The van der Waals surface area contributed by atoms with Crippen molar-refractivity contribution in [2.45, 2.75) is 70.1 Å². The second-order valence-electron chi connectivity index (χ2n) is 5.30. The van der Waals surface area contributed by atoms with E-state index in [0.29, 0.717) is 12.8 Å². The Morgan fingerprint density at radius 3 is 1.52 bits per heavy atom. The van der Waals surface area contributed by atoms with E-state index in [2.05, 4.69) is 4.74 Å². The van der Waals surface area contributed by atoms with Gasteiger partial charge in [-0.1, -0.05) is 26.7 Å². The Labute approximate surface area is 138 Å². The molecule has 12 heteroatoms. The van der Waals surface area contributed by atoms with E-state index >= 15 is 0 Å². The van der Waals surface area contributed by atoms with E-state index in [1.807, 2.05) is 0 Å². The molecule has 0 N–H and O–H groups in total. The highest BCUT2D eigenvalue weighted by Crippen LogP contribution is 2.48. The molecule has 0 aliphatic rings. The van der Waals surface area contributed by atoms with Crippen molar-refractivity contribution in [1.29, 1.82) is 0 Å². The van der Waals surface area contributed by atoms with Crippen LogP contribution in [0.15, 0.2) is 0 Å². The minimum Gasteiger partial charge on any atom is -0.273 e. The van der Waals surface area contributed by atoms with Crippen LogP contribution in [-0.2, 0) is 4.74 Å². The van der Waals surface area contributed by atoms with E-state index < -0.39 is 43.7 Å². The van der Waals surface area contributed by atoms with Gasteiger partial charge in [-0.05, 0) is 12.8 Å². The maximum Gasteiger partial charge on any atom is 0.462 e. The molecule has 0 bridgehead atoms. The molecule has 2 nitrogen and oxygen atoms in total. The quantitative estimate of drug-likeness (QED) is 0.334. The third kappa shape index (κ3) is 5.87. The standard InChI is InChI=1S/C13H19F10NO/c1-3-5-7-24(8-6-4-2)10(15,16)9(14)25-13(22,23)11(17,18)12(19,20)21/h9H,3-8H2,1-2H3. The smallest absolute Gasteiger partial charge is 0.273 e. The summed E-state index contributed by atoms with van der Waals surface area (Å²) in [5.74, 6) is -6.84. The Morgan fingerprint density at radius 1 is 0.800 bits per heavy atom. The Kier molecular flexibility index (Phi) is 8.47. The van der Waals surface area contributed by atoms with Crippen molar-refractivity contribution >= 4 is 0 Å². The number of unbranched alkanes of at least 4 members (excludes halogenated alkanes) is 2. The van der Waals surface area contributed by atoms with E-state index in [4.69, 9.17) is 0 Å². The van der Waals surface area contributed by atoms with Gasteiger partial charge < -0.3 is 0 Å². The normalized spacial score (nSPS) is 15.7. The molecule has 1 atom stereocenters. The lowest BCUT2D eigenvalue weighted by Crippen LogP contribution is -2.58. The van der Waals surface area contributed by atoms with Crippen LogP contribution in [-0.4, -0.2) is 48.6 Å². The Balaban J connectivity index is 5.34. The van der Waals surface area contributed by atoms with Gasteiger partial charge in [-0.15, -0.1) is 0 Å². The molecule has 152 valence electrons. The van der Waals surface area contributed by atoms with E-state index in [1.54, 1.807) is 13.8 Å². The van der Waals surface area contributed by atoms with Crippen molar-refractivity contribution in [3.8, 4) is 0 Å². The highest BCUT2D eigenvalue weighted by Gasteiger charge is 2.76. The van der Waals surface area contributed by atoms with Crippen LogP contribution in [0.1, 0.15) is 39.5 Å². The van der Waals surface area contributed by atoms with Gasteiger partial charge in [0.2, 0.25) is 0 Å². The predicted molar refractivity (Wildman–Crippen MR) is 68.3 cm³/mol. The van der Waals surface area contributed by atoms with Gasteiger partial charge in [0.1, 0.15) is 0 Å². The summed E-state index contributed by atoms with van der Waals surface area (Å²) in [7, 11) is 0. The van der Waals surface area contributed by atoms with Crippen LogP contribution in [0.4, 0.5) is 43.9 Å². The zero-order chi connectivity index (χ0) is 20.1. The van der Waals surface area contributed by atoms with Crippen molar-refractivity contribution in [3.05, 3.63) is 0 Å². The number of halogens is 10. The topological polar surface area (TPSA) is 12.5 Å². The van der Waals surface area contributed by atoms with Crippen LogP contribution in [0.5, 0.6) is 0 Å². The fraction of sp³-hybridized carbons (Fsp3) is 1.00. The van der Waals surface area contributed by atoms with Gasteiger partial charge in [0.25, 0.3) is 6.36 Å². The largest absolute Gasteiger partial charge is 0.462 e. The molecule has 0 spiro atoms. The molecule has 0 aromatic heterocycles. The van der Waals surface area contributed by atoms with Crippen LogP contribution in [0.25, 0.3) is 0 Å². The second-order valence-corrected chi connectivity index (χ2v) is 5.30. The Morgan fingerprint density at radius 2 is 1.20 bits per heavy atom. The average molecular weight is 395 g/mol. The summed E-state index contributed by atoms with van der Waals surface area (Å²) in [6.45, 7) is 2.23. The summed E-state index contributed by atoms with van der Waals surface area (Å²) >= 11 is 0. The first-order valence-electron chi connectivity index (χ1n) is 7.42. The lowest BCUT2D eigenvalue weighted by atomic mass is 10.2. The molecule has 0 aliphatic carbocycles. The van der Waals surface area contributed by atoms with Gasteiger partial charge in [-0.3, -0.25) is 4.74 Å². The third-order valence-corrected chi connectivity index (χ3v) is 3.23.